The lowest BCUT2D eigenvalue weighted by molar-refractivity contribution is 0.102. The molecule has 3 rings (SSSR count). The Morgan fingerprint density at radius 2 is 1.73 bits per heavy atom. The van der Waals surface area contributed by atoms with Crippen molar-refractivity contribution in [3.63, 3.8) is 0 Å². The molecule has 1 heterocycles. The van der Waals surface area contributed by atoms with Gasteiger partial charge >= 0.3 is 0 Å². The number of amides is 1. The summed E-state index contributed by atoms with van der Waals surface area (Å²) in [5.74, 6) is -0.818. The molecule has 0 radical (unpaired) electrons. The van der Waals surface area contributed by atoms with E-state index in [4.69, 9.17) is 0 Å². The molecule has 2 N–H and O–H groups in total. The van der Waals surface area contributed by atoms with E-state index >= 15 is 0 Å². The first-order chi connectivity index (χ1) is 12.3. The van der Waals surface area contributed by atoms with Crippen molar-refractivity contribution < 1.29 is 17.6 Å². The summed E-state index contributed by atoms with van der Waals surface area (Å²) in [4.78, 5) is 12.2. The predicted octanol–water partition coefficient (Wildman–Crippen LogP) is 4.25. The fourth-order valence-electron chi connectivity index (χ4n) is 2.19. The Balaban J connectivity index is 1.71. The van der Waals surface area contributed by atoms with Gasteiger partial charge < -0.3 is 5.32 Å². The minimum absolute atomic E-state index is 0.209. The highest BCUT2D eigenvalue weighted by molar-refractivity contribution is 7.94. The van der Waals surface area contributed by atoms with Crippen LogP contribution in [-0.2, 0) is 10.0 Å². The molecule has 26 heavy (non-hydrogen) atoms. The van der Waals surface area contributed by atoms with Gasteiger partial charge in [-0.1, -0.05) is 12.1 Å². The van der Waals surface area contributed by atoms with E-state index in [0.29, 0.717) is 22.5 Å². The molecule has 0 aliphatic rings. The van der Waals surface area contributed by atoms with Crippen LogP contribution in [0.1, 0.15) is 15.9 Å². The quantitative estimate of drug-likeness (QED) is 0.684. The van der Waals surface area contributed by atoms with Gasteiger partial charge in [0, 0.05) is 16.9 Å². The summed E-state index contributed by atoms with van der Waals surface area (Å²) in [6.07, 6.45) is 0. The molecule has 0 saturated carbocycles. The van der Waals surface area contributed by atoms with E-state index in [2.05, 4.69) is 10.0 Å². The minimum Gasteiger partial charge on any atom is -0.322 e. The highest BCUT2D eigenvalue weighted by Crippen LogP contribution is 2.21. The second kappa shape index (κ2) is 7.27. The number of aryl methyl sites for hydroxylation is 1. The zero-order valence-corrected chi connectivity index (χ0v) is 15.3. The number of carbonyl (C=O) groups is 1. The molecule has 5 nitrogen and oxygen atoms in total. The molecule has 2 aromatic carbocycles. The summed E-state index contributed by atoms with van der Waals surface area (Å²) in [7, 11) is -3.63. The minimum atomic E-state index is -3.63. The van der Waals surface area contributed by atoms with Crippen molar-refractivity contribution in [3.05, 3.63) is 76.9 Å². The first kappa shape index (κ1) is 18.1. The van der Waals surface area contributed by atoms with E-state index < -0.39 is 21.7 Å². The van der Waals surface area contributed by atoms with Gasteiger partial charge in [-0.15, -0.1) is 11.3 Å². The lowest BCUT2D eigenvalue weighted by Crippen LogP contribution is -2.13. The number of rotatable bonds is 5. The van der Waals surface area contributed by atoms with Crippen molar-refractivity contribution in [1.82, 2.24) is 0 Å². The van der Waals surface area contributed by atoms with Crippen LogP contribution in [0.25, 0.3) is 0 Å². The normalized spacial score (nSPS) is 11.2. The van der Waals surface area contributed by atoms with Crippen molar-refractivity contribution in [2.24, 2.45) is 0 Å². The number of carbonyl (C=O) groups excluding carboxylic acids is 1. The van der Waals surface area contributed by atoms with Gasteiger partial charge in [0.15, 0.2) is 0 Å². The Bertz CT molecular complexity index is 1030. The fraction of sp³-hybridized carbons (Fsp3) is 0.0556. The monoisotopic (exact) mass is 390 g/mol. The average molecular weight is 390 g/mol. The van der Waals surface area contributed by atoms with Crippen LogP contribution >= 0.6 is 11.3 Å². The molecule has 0 unspecified atom stereocenters. The van der Waals surface area contributed by atoms with Gasteiger partial charge in [-0.3, -0.25) is 9.52 Å². The van der Waals surface area contributed by atoms with Crippen LogP contribution in [0.2, 0.25) is 0 Å². The summed E-state index contributed by atoms with van der Waals surface area (Å²) >= 11 is 1.12. The van der Waals surface area contributed by atoms with E-state index in [1.165, 1.54) is 36.4 Å². The maximum Gasteiger partial charge on any atom is 0.271 e. The number of benzene rings is 2. The molecule has 0 aliphatic carbocycles. The Morgan fingerprint density at radius 1 is 1.04 bits per heavy atom. The van der Waals surface area contributed by atoms with E-state index in [1.54, 1.807) is 30.5 Å². The average Bonchev–Trinajstić information content (AvgIpc) is 3.14. The number of halogens is 1. The number of hydrogen-bond acceptors (Lipinski definition) is 4. The molecule has 8 heteroatoms. The highest BCUT2D eigenvalue weighted by Gasteiger charge is 2.15. The van der Waals surface area contributed by atoms with Crippen LogP contribution in [-0.4, -0.2) is 14.3 Å². The van der Waals surface area contributed by atoms with E-state index in [1.807, 2.05) is 0 Å². The van der Waals surface area contributed by atoms with Gasteiger partial charge in [0.25, 0.3) is 15.9 Å². The molecule has 0 spiro atoms. The first-order valence-corrected chi connectivity index (χ1v) is 9.95. The van der Waals surface area contributed by atoms with Crippen LogP contribution in [0.4, 0.5) is 15.8 Å². The highest BCUT2D eigenvalue weighted by atomic mass is 32.2. The van der Waals surface area contributed by atoms with Crippen LogP contribution in [0, 0.1) is 12.7 Å². The van der Waals surface area contributed by atoms with Gasteiger partial charge in [0.1, 0.15) is 10.0 Å². The van der Waals surface area contributed by atoms with Gasteiger partial charge in [0.05, 0.1) is 0 Å². The summed E-state index contributed by atoms with van der Waals surface area (Å²) in [6.45, 7) is 1.64. The maximum atomic E-state index is 13.5. The third-order valence-corrected chi connectivity index (χ3v) is 6.37. The summed E-state index contributed by atoms with van der Waals surface area (Å²) < 4.78 is 40.5. The summed E-state index contributed by atoms with van der Waals surface area (Å²) in [6, 6.07) is 13.6. The standard InChI is InChI=1S/C18H15FN2O3S2/c1-12-4-7-15(11-16(12)19)20-18(22)13-5-8-14(9-6-13)21-26(23,24)17-3-2-10-25-17/h2-11,21H,1H3,(H,20,22). The number of thiophene rings is 1. The van der Waals surface area contributed by atoms with Crippen LogP contribution < -0.4 is 10.0 Å². The number of anilines is 2. The molecule has 0 aliphatic heterocycles. The molecule has 1 aromatic heterocycles. The van der Waals surface area contributed by atoms with E-state index in [9.17, 15) is 17.6 Å². The fourth-order valence-corrected chi connectivity index (χ4v) is 4.24. The molecular formula is C18H15FN2O3S2. The zero-order valence-electron chi connectivity index (χ0n) is 13.7. The van der Waals surface area contributed by atoms with Gasteiger partial charge in [-0.25, -0.2) is 12.8 Å². The molecule has 0 atom stereocenters. The Hall–Kier alpha value is -2.71. The van der Waals surface area contributed by atoms with Crippen molar-refractivity contribution in [2.45, 2.75) is 11.1 Å². The van der Waals surface area contributed by atoms with Crippen LogP contribution in [0.5, 0.6) is 0 Å². The van der Waals surface area contributed by atoms with Crippen molar-refractivity contribution in [1.29, 1.82) is 0 Å². The van der Waals surface area contributed by atoms with Crippen LogP contribution in [0.15, 0.2) is 64.2 Å². The lowest BCUT2D eigenvalue weighted by Gasteiger charge is -2.09. The molecule has 0 fully saturated rings. The topological polar surface area (TPSA) is 75.3 Å². The molecule has 0 saturated heterocycles. The Labute approximate surface area is 154 Å². The second-order valence-electron chi connectivity index (χ2n) is 5.53. The number of hydrogen-bond donors (Lipinski definition) is 2. The molecule has 134 valence electrons. The van der Waals surface area contributed by atoms with E-state index in [-0.39, 0.29) is 4.21 Å². The van der Waals surface area contributed by atoms with Crippen LogP contribution in [0.3, 0.4) is 0 Å². The van der Waals surface area contributed by atoms with Crippen molar-refractivity contribution >= 4 is 38.6 Å². The van der Waals surface area contributed by atoms with Crippen molar-refractivity contribution in [3.8, 4) is 0 Å². The smallest absolute Gasteiger partial charge is 0.271 e. The lowest BCUT2D eigenvalue weighted by atomic mass is 10.1. The van der Waals surface area contributed by atoms with Crippen molar-refractivity contribution in [2.75, 3.05) is 10.0 Å². The molecule has 3 aromatic rings. The Morgan fingerprint density at radius 3 is 2.35 bits per heavy atom. The molecular weight excluding hydrogens is 375 g/mol. The summed E-state index contributed by atoms with van der Waals surface area (Å²) in [5.41, 5.74) is 1.51. The second-order valence-corrected chi connectivity index (χ2v) is 8.39. The zero-order chi connectivity index (χ0) is 18.7. The SMILES string of the molecule is Cc1ccc(NC(=O)c2ccc(NS(=O)(=O)c3cccs3)cc2)cc1F. The third-order valence-electron chi connectivity index (χ3n) is 3.59. The molecule has 0 bridgehead atoms. The number of sulfonamides is 1. The van der Waals surface area contributed by atoms with Gasteiger partial charge in [-0.05, 0) is 60.3 Å². The largest absolute Gasteiger partial charge is 0.322 e. The predicted molar refractivity (Wildman–Crippen MR) is 101 cm³/mol. The van der Waals surface area contributed by atoms with E-state index in [0.717, 1.165) is 11.3 Å². The first-order valence-electron chi connectivity index (χ1n) is 7.59. The summed E-state index contributed by atoms with van der Waals surface area (Å²) in [5, 5.41) is 4.28. The number of nitrogens with one attached hydrogen (secondary N) is 2. The molecule has 1 amide bonds. The Kier molecular flexibility index (Phi) is 5.06. The maximum absolute atomic E-state index is 13.5. The van der Waals surface area contributed by atoms with Gasteiger partial charge in [-0.2, -0.15) is 0 Å². The van der Waals surface area contributed by atoms with Gasteiger partial charge in [0.2, 0.25) is 0 Å². The third kappa shape index (κ3) is 4.09.